The maximum Gasteiger partial charge on any atom is 0.214 e. The van der Waals surface area contributed by atoms with Gasteiger partial charge in [-0.3, -0.25) is 0 Å². The predicted molar refractivity (Wildman–Crippen MR) is 70.0 cm³/mol. The van der Waals surface area contributed by atoms with Gasteiger partial charge in [0.15, 0.2) is 0 Å². The van der Waals surface area contributed by atoms with Crippen LogP contribution in [0.3, 0.4) is 0 Å². The molecule has 0 spiro atoms. The minimum Gasteiger partial charge on any atom is -0.367 e. The van der Waals surface area contributed by atoms with E-state index in [1.54, 1.807) is 6.07 Å². The summed E-state index contributed by atoms with van der Waals surface area (Å²) in [6, 6.07) is 6.02. The molecule has 3 rings (SSSR count). The average molecular weight is 249 g/mol. The van der Waals surface area contributed by atoms with Crippen LogP contribution in [0.5, 0.6) is 0 Å². The molecular weight excluding hydrogens is 229 g/mol. The molecule has 3 atom stereocenters. The first-order valence-electron chi connectivity index (χ1n) is 6.95. The van der Waals surface area contributed by atoms with Gasteiger partial charge in [-0.1, -0.05) is 12.5 Å². The van der Waals surface area contributed by atoms with E-state index in [1.807, 2.05) is 6.07 Å². The Hall–Kier alpha value is -1.16. The van der Waals surface area contributed by atoms with E-state index in [-0.39, 0.29) is 0 Å². The first-order valence-corrected chi connectivity index (χ1v) is 6.95. The lowest BCUT2D eigenvalue weighted by atomic mass is 9.93. The Balaban J connectivity index is 1.67. The Morgan fingerprint density at radius 2 is 2.17 bits per heavy atom. The lowest BCUT2D eigenvalue weighted by Gasteiger charge is -2.26. The Morgan fingerprint density at radius 1 is 1.22 bits per heavy atom. The number of pyridine rings is 1. The number of nitrogens with one attached hydrogen (secondary N) is 2. The fourth-order valence-corrected chi connectivity index (χ4v) is 3.41. The van der Waals surface area contributed by atoms with Crippen LogP contribution in [0.1, 0.15) is 32.1 Å². The minimum absolute atomic E-state index is 0.409. The number of rotatable bonds is 3. The summed E-state index contributed by atoms with van der Waals surface area (Å²) in [6.45, 7) is 1.14. The number of hydrogen-bond acceptors (Lipinski definition) is 3. The monoisotopic (exact) mass is 249 g/mol. The average Bonchev–Trinajstić information content (AvgIpc) is 2.98. The molecule has 1 aliphatic heterocycles. The van der Waals surface area contributed by atoms with E-state index in [4.69, 9.17) is 0 Å². The summed E-state index contributed by atoms with van der Waals surface area (Å²) in [5.41, 5.74) is 0. The summed E-state index contributed by atoms with van der Waals surface area (Å²) < 4.78 is 13.1. The second kappa shape index (κ2) is 5.22. The summed E-state index contributed by atoms with van der Waals surface area (Å²) in [4.78, 5) is 3.90. The molecule has 0 amide bonds. The Labute approximate surface area is 107 Å². The van der Waals surface area contributed by atoms with Gasteiger partial charge in [0.05, 0.1) is 0 Å². The van der Waals surface area contributed by atoms with Crippen molar-refractivity contribution in [2.75, 3.05) is 11.9 Å². The Bertz CT molecular complexity index is 404. The topological polar surface area (TPSA) is 37.0 Å². The van der Waals surface area contributed by atoms with E-state index in [0.717, 1.165) is 6.54 Å². The van der Waals surface area contributed by atoms with Crippen LogP contribution in [0.2, 0.25) is 0 Å². The fraction of sp³-hybridized carbons (Fsp3) is 0.643. The molecule has 2 aliphatic rings. The lowest BCUT2D eigenvalue weighted by Crippen LogP contribution is -2.38. The highest BCUT2D eigenvalue weighted by atomic mass is 19.1. The number of halogens is 1. The molecule has 0 aromatic carbocycles. The van der Waals surface area contributed by atoms with Crippen molar-refractivity contribution < 1.29 is 4.39 Å². The zero-order valence-electron chi connectivity index (χ0n) is 10.5. The zero-order valence-corrected chi connectivity index (χ0v) is 10.5. The van der Waals surface area contributed by atoms with Crippen LogP contribution in [0.15, 0.2) is 18.2 Å². The van der Waals surface area contributed by atoms with Crippen molar-refractivity contribution in [1.29, 1.82) is 0 Å². The van der Waals surface area contributed by atoms with Crippen LogP contribution >= 0.6 is 0 Å². The highest BCUT2D eigenvalue weighted by Crippen LogP contribution is 2.33. The van der Waals surface area contributed by atoms with Crippen molar-refractivity contribution in [1.82, 2.24) is 10.3 Å². The van der Waals surface area contributed by atoms with Gasteiger partial charge in [0.1, 0.15) is 5.82 Å². The number of anilines is 1. The fourth-order valence-electron chi connectivity index (χ4n) is 3.41. The molecule has 3 nitrogen and oxygen atoms in total. The van der Waals surface area contributed by atoms with E-state index >= 15 is 0 Å². The van der Waals surface area contributed by atoms with Crippen molar-refractivity contribution in [2.24, 2.45) is 5.92 Å². The van der Waals surface area contributed by atoms with E-state index in [1.165, 1.54) is 38.2 Å². The molecule has 4 heteroatoms. The van der Waals surface area contributed by atoms with E-state index in [2.05, 4.69) is 15.6 Å². The lowest BCUT2D eigenvalue weighted by molar-refractivity contribution is 0.375. The van der Waals surface area contributed by atoms with Gasteiger partial charge in [0.2, 0.25) is 5.95 Å². The second-order valence-electron chi connectivity index (χ2n) is 5.39. The maximum atomic E-state index is 13.1. The molecule has 1 aromatic heterocycles. The van der Waals surface area contributed by atoms with E-state index in [9.17, 15) is 4.39 Å². The van der Waals surface area contributed by atoms with Crippen molar-refractivity contribution >= 4 is 5.82 Å². The molecule has 2 fully saturated rings. The third-order valence-corrected chi connectivity index (χ3v) is 4.23. The minimum atomic E-state index is -0.409. The van der Waals surface area contributed by atoms with Gasteiger partial charge in [-0.05, 0) is 50.3 Å². The van der Waals surface area contributed by atoms with Gasteiger partial charge in [-0.25, -0.2) is 4.98 Å². The van der Waals surface area contributed by atoms with Crippen LogP contribution in [0.25, 0.3) is 0 Å². The molecule has 0 radical (unpaired) electrons. The summed E-state index contributed by atoms with van der Waals surface area (Å²) in [5, 5.41) is 7.01. The van der Waals surface area contributed by atoms with Crippen LogP contribution in [0.4, 0.5) is 10.2 Å². The summed E-state index contributed by atoms with van der Waals surface area (Å²) in [6.07, 6.45) is 6.26. The summed E-state index contributed by atoms with van der Waals surface area (Å²) in [7, 11) is 0. The van der Waals surface area contributed by atoms with E-state index < -0.39 is 5.95 Å². The van der Waals surface area contributed by atoms with Gasteiger partial charge in [-0.15, -0.1) is 0 Å². The first-order chi connectivity index (χ1) is 8.83. The standard InChI is InChI=1S/C14H20FN3/c15-13-7-2-8-14(18-13)17-12-5-1-4-10(12)11-6-3-9-16-11/h2,7-8,10-12,16H,1,3-6,9H2,(H,17,18). The third kappa shape index (κ3) is 2.48. The normalized spacial score (nSPS) is 31.7. The summed E-state index contributed by atoms with van der Waals surface area (Å²) in [5.74, 6) is 0.927. The van der Waals surface area contributed by atoms with Gasteiger partial charge >= 0.3 is 0 Å². The smallest absolute Gasteiger partial charge is 0.214 e. The van der Waals surface area contributed by atoms with Crippen molar-refractivity contribution in [3.63, 3.8) is 0 Å². The number of hydrogen-bond donors (Lipinski definition) is 2. The molecule has 1 saturated heterocycles. The van der Waals surface area contributed by atoms with E-state index in [0.29, 0.717) is 23.8 Å². The molecule has 98 valence electrons. The number of aromatic nitrogens is 1. The summed E-state index contributed by atoms with van der Waals surface area (Å²) >= 11 is 0. The van der Waals surface area contributed by atoms with Gasteiger partial charge in [0.25, 0.3) is 0 Å². The number of nitrogens with zero attached hydrogens (tertiary/aromatic N) is 1. The predicted octanol–water partition coefficient (Wildman–Crippen LogP) is 2.55. The molecule has 1 aliphatic carbocycles. The molecular formula is C14H20FN3. The van der Waals surface area contributed by atoms with Gasteiger partial charge < -0.3 is 10.6 Å². The van der Waals surface area contributed by atoms with Crippen LogP contribution in [-0.4, -0.2) is 23.6 Å². The highest BCUT2D eigenvalue weighted by Gasteiger charge is 2.34. The molecule has 3 unspecified atom stereocenters. The van der Waals surface area contributed by atoms with Crippen LogP contribution < -0.4 is 10.6 Å². The maximum absolute atomic E-state index is 13.1. The third-order valence-electron chi connectivity index (χ3n) is 4.23. The van der Waals surface area contributed by atoms with Gasteiger partial charge in [0, 0.05) is 12.1 Å². The molecule has 2 N–H and O–H groups in total. The largest absolute Gasteiger partial charge is 0.367 e. The Morgan fingerprint density at radius 3 is 2.94 bits per heavy atom. The molecule has 2 heterocycles. The van der Waals surface area contributed by atoms with Crippen LogP contribution in [0, 0.1) is 11.9 Å². The van der Waals surface area contributed by atoms with Crippen molar-refractivity contribution in [3.8, 4) is 0 Å². The van der Waals surface area contributed by atoms with Gasteiger partial charge in [-0.2, -0.15) is 4.39 Å². The second-order valence-corrected chi connectivity index (χ2v) is 5.39. The molecule has 18 heavy (non-hydrogen) atoms. The van der Waals surface area contributed by atoms with Crippen LogP contribution in [-0.2, 0) is 0 Å². The quantitative estimate of drug-likeness (QED) is 0.808. The molecule has 0 bridgehead atoms. The van der Waals surface area contributed by atoms with Crippen molar-refractivity contribution in [2.45, 2.75) is 44.2 Å². The van der Waals surface area contributed by atoms with Crippen molar-refractivity contribution in [3.05, 3.63) is 24.1 Å². The highest BCUT2D eigenvalue weighted by molar-refractivity contribution is 5.35. The molecule has 1 saturated carbocycles. The molecule has 1 aromatic rings. The zero-order chi connectivity index (χ0) is 12.4. The first kappa shape index (κ1) is 11.9. The SMILES string of the molecule is Fc1cccc(NC2CCCC2C2CCCN2)n1. The Kier molecular flexibility index (Phi) is 3.46.